The fourth-order valence-corrected chi connectivity index (χ4v) is 4.10. The second-order valence-corrected chi connectivity index (χ2v) is 6.94. The average Bonchev–Trinajstić information content (AvgIpc) is 2.32. The first-order valence-electron chi connectivity index (χ1n) is 7.80. The molecule has 18 heavy (non-hydrogen) atoms. The van der Waals surface area contributed by atoms with Gasteiger partial charge in [0.15, 0.2) is 6.29 Å². The molecule has 0 aromatic rings. The van der Waals surface area contributed by atoms with Crippen LogP contribution in [0.1, 0.15) is 59.8 Å². The Morgan fingerprint density at radius 1 is 1.17 bits per heavy atom. The molecule has 1 spiro atoms. The zero-order chi connectivity index (χ0) is 13.2. The van der Waals surface area contributed by atoms with E-state index in [1.54, 1.807) is 0 Å². The molecular formula is C16H30O2. The summed E-state index contributed by atoms with van der Waals surface area (Å²) in [5.74, 6) is 2.35. The maximum Gasteiger partial charge on any atom is 0.157 e. The molecule has 1 heterocycles. The third kappa shape index (κ3) is 2.91. The lowest BCUT2D eigenvalue weighted by Gasteiger charge is -2.51. The Morgan fingerprint density at radius 2 is 1.83 bits per heavy atom. The molecule has 0 N–H and O–H groups in total. The molecule has 2 atom stereocenters. The van der Waals surface area contributed by atoms with Crippen molar-refractivity contribution >= 4 is 0 Å². The lowest BCUT2D eigenvalue weighted by Crippen LogP contribution is -2.51. The summed E-state index contributed by atoms with van der Waals surface area (Å²) in [4.78, 5) is 0. The molecule has 2 heteroatoms. The van der Waals surface area contributed by atoms with Crippen LogP contribution in [-0.4, -0.2) is 19.5 Å². The first kappa shape index (κ1) is 14.3. The molecule has 1 aliphatic heterocycles. The molecular weight excluding hydrogens is 224 g/mol. The third-order valence-corrected chi connectivity index (χ3v) is 4.95. The van der Waals surface area contributed by atoms with Gasteiger partial charge in [-0.3, -0.25) is 0 Å². The Morgan fingerprint density at radius 3 is 2.39 bits per heavy atom. The molecule has 0 bridgehead atoms. The van der Waals surface area contributed by atoms with Crippen molar-refractivity contribution in [2.75, 3.05) is 13.2 Å². The van der Waals surface area contributed by atoms with E-state index >= 15 is 0 Å². The zero-order valence-corrected chi connectivity index (χ0v) is 12.6. The normalized spacial score (nSPS) is 41.5. The summed E-state index contributed by atoms with van der Waals surface area (Å²) in [7, 11) is 0. The molecule has 0 aromatic carbocycles. The first-order valence-corrected chi connectivity index (χ1v) is 7.80. The number of hydrogen-bond acceptors (Lipinski definition) is 2. The van der Waals surface area contributed by atoms with Crippen LogP contribution in [0.2, 0.25) is 0 Å². The SMILES string of the molecule is CCCC1OCC2(CO1)C[C@H](C)CC[C@H]2C(C)C. The van der Waals surface area contributed by atoms with E-state index in [0.717, 1.165) is 43.8 Å². The highest BCUT2D eigenvalue weighted by atomic mass is 16.7. The van der Waals surface area contributed by atoms with Gasteiger partial charge in [0, 0.05) is 5.41 Å². The molecule has 2 rings (SSSR count). The van der Waals surface area contributed by atoms with E-state index in [1.807, 2.05) is 0 Å². The summed E-state index contributed by atoms with van der Waals surface area (Å²) in [5, 5.41) is 0. The minimum Gasteiger partial charge on any atom is -0.352 e. The van der Waals surface area contributed by atoms with Crippen molar-refractivity contribution in [3.63, 3.8) is 0 Å². The highest BCUT2D eigenvalue weighted by Crippen LogP contribution is 2.49. The third-order valence-electron chi connectivity index (χ3n) is 4.95. The van der Waals surface area contributed by atoms with Gasteiger partial charge in [-0.05, 0) is 37.0 Å². The summed E-state index contributed by atoms with van der Waals surface area (Å²) in [5.41, 5.74) is 0.302. The van der Waals surface area contributed by atoms with Crippen molar-refractivity contribution in [1.82, 2.24) is 0 Å². The van der Waals surface area contributed by atoms with Gasteiger partial charge in [-0.2, -0.15) is 0 Å². The summed E-state index contributed by atoms with van der Waals surface area (Å²) in [6.07, 6.45) is 6.26. The monoisotopic (exact) mass is 254 g/mol. The smallest absolute Gasteiger partial charge is 0.157 e. The number of hydrogen-bond donors (Lipinski definition) is 0. The van der Waals surface area contributed by atoms with Gasteiger partial charge in [0.25, 0.3) is 0 Å². The van der Waals surface area contributed by atoms with Crippen LogP contribution in [0.4, 0.5) is 0 Å². The maximum atomic E-state index is 6.02. The second-order valence-electron chi connectivity index (χ2n) is 6.94. The Bertz CT molecular complexity index is 254. The van der Waals surface area contributed by atoms with Gasteiger partial charge in [-0.25, -0.2) is 0 Å². The highest BCUT2D eigenvalue weighted by molar-refractivity contribution is 4.94. The van der Waals surface area contributed by atoms with Crippen molar-refractivity contribution in [2.45, 2.75) is 66.1 Å². The molecule has 1 saturated heterocycles. The van der Waals surface area contributed by atoms with Gasteiger partial charge >= 0.3 is 0 Å². The van der Waals surface area contributed by atoms with Crippen LogP contribution in [0.5, 0.6) is 0 Å². The van der Waals surface area contributed by atoms with Gasteiger partial charge in [0.1, 0.15) is 0 Å². The van der Waals surface area contributed by atoms with Crippen LogP contribution in [0.15, 0.2) is 0 Å². The van der Waals surface area contributed by atoms with Gasteiger partial charge in [-0.15, -0.1) is 0 Å². The zero-order valence-electron chi connectivity index (χ0n) is 12.6. The quantitative estimate of drug-likeness (QED) is 0.750. The van der Waals surface area contributed by atoms with Crippen LogP contribution in [0.3, 0.4) is 0 Å². The van der Waals surface area contributed by atoms with Gasteiger partial charge in [0.2, 0.25) is 0 Å². The Labute approximate surface area is 112 Å². The van der Waals surface area contributed by atoms with E-state index in [1.165, 1.54) is 19.3 Å². The Hall–Kier alpha value is -0.0800. The Balaban J connectivity index is 2.03. The minimum absolute atomic E-state index is 0.0608. The molecule has 2 aliphatic rings. The van der Waals surface area contributed by atoms with E-state index in [0.29, 0.717) is 5.41 Å². The number of rotatable bonds is 3. The molecule has 0 radical (unpaired) electrons. The predicted molar refractivity (Wildman–Crippen MR) is 74.4 cm³/mol. The van der Waals surface area contributed by atoms with Gasteiger partial charge in [-0.1, -0.05) is 40.5 Å². The maximum absolute atomic E-state index is 6.02. The van der Waals surface area contributed by atoms with Crippen LogP contribution in [-0.2, 0) is 9.47 Å². The first-order chi connectivity index (χ1) is 8.57. The summed E-state index contributed by atoms with van der Waals surface area (Å²) >= 11 is 0. The summed E-state index contributed by atoms with van der Waals surface area (Å²) in [6, 6.07) is 0. The van der Waals surface area contributed by atoms with Crippen molar-refractivity contribution in [3.8, 4) is 0 Å². The average molecular weight is 254 g/mol. The topological polar surface area (TPSA) is 18.5 Å². The van der Waals surface area contributed by atoms with E-state index < -0.39 is 0 Å². The molecule has 1 saturated carbocycles. The summed E-state index contributed by atoms with van der Waals surface area (Å²) in [6.45, 7) is 11.1. The van der Waals surface area contributed by atoms with E-state index in [2.05, 4.69) is 27.7 Å². The molecule has 106 valence electrons. The standard InChI is InChI=1S/C16H30O2/c1-5-6-15-17-10-16(11-18-15)9-13(4)7-8-14(16)12(2)3/h12-15H,5-11H2,1-4H3/t13-,14+,15?,16?/m1/s1. The van der Waals surface area contributed by atoms with Crippen molar-refractivity contribution in [3.05, 3.63) is 0 Å². The van der Waals surface area contributed by atoms with Crippen molar-refractivity contribution in [1.29, 1.82) is 0 Å². The predicted octanol–water partition coefficient (Wildman–Crippen LogP) is 4.24. The minimum atomic E-state index is 0.0608. The largest absolute Gasteiger partial charge is 0.352 e. The fourth-order valence-electron chi connectivity index (χ4n) is 4.10. The molecule has 0 unspecified atom stereocenters. The van der Waals surface area contributed by atoms with Crippen LogP contribution in [0, 0.1) is 23.2 Å². The Kier molecular flexibility index (Phi) is 4.71. The van der Waals surface area contributed by atoms with Gasteiger partial charge < -0.3 is 9.47 Å². The lowest BCUT2D eigenvalue weighted by molar-refractivity contribution is -0.256. The van der Waals surface area contributed by atoms with Crippen LogP contribution in [0.25, 0.3) is 0 Å². The highest BCUT2D eigenvalue weighted by Gasteiger charge is 2.47. The second kappa shape index (κ2) is 5.92. The van der Waals surface area contributed by atoms with Crippen molar-refractivity contribution < 1.29 is 9.47 Å². The van der Waals surface area contributed by atoms with Crippen LogP contribution >= 0.6 is 0 Å². The van der Waals surface area contributed by atoms with Gasteiger partial charge in [0.05, 0.1) is 13.2 Å². The van der Waals surface area contributed by atoms with E-state index in [-0.39, 0.29) is 6.29 Å². The van der Waals surface area contributed by atoms with Crippen molar-refractivity contribution in [2.24, 2.45) is 23.2 Å². The molecule has 2 fully saturated rings. The molecule has 1 aliphatic carbocycles. The lowest BCUT2D eigenvalue weighted by atomic mass is 9.60. The molecule has 2 nitrogen and oxygen atoms in total. The number of ether oxygens (including phenoxy) is 2. The van der Waals surface area contributed by atoms with Crippen LogP contribution < -0.4 is 0 Å². The summed E-state index contributed by atoms with van der Waals surface area (Å²) < 4.78 is 12.0. The fraction of sp³-hybridized carbons (Fsp3) is 1.00. The van der Waals surface area contributed by atoms with E-state index in [4.69, 9.17) is 9.47 Å². The molecule has 0 aromatic heterocycles. The molecule has 0 amide bonds. The van der Waals surface area contributed by atoms with E-state index in [9.17, 15) is 0 Å².